The number of para-hydroxylation sites is 2. The third-order valence-corrected chi connectivity index (χ3v) is 16.1. The summed E-state index contributed by atoms with van der Waals surface area (Å²) in [5.41, 5.74) is 16.5. The van der Waals surface area contributed by atoms with Crippen molar-refractivity contribution in [3.8, 4) is 22.3 Å². The van der Waals surface area contributed by atoms with Gasteiger partial charge in [0.1, 0.15) is 22.3 Å². The fourth-order valence-electron chi connectivity index (χ4n) is 10.9. The zero-order chi connectivity index (χ0) is 42.3. The SMILES string of the molecule is c1ccc(-c2cc3c(cc2N2c4cccc5c4B(c4sc6ccccc6c4N5c4cc5oc6ccccc6c5cc4-c4ccccc4)c4c2sc2ccccc42)oc2ccccc23)cc1. The molecule has 0 unspecified atom stereocenters. The highest BCUT2D eigenvalue weighted by atomic mass is 32.1. The molecule has 0 aliphatic carbocycles. The average molecular weight is 865 g/mol. The molecule has 15 rings (SSSR count). The first-order valence-corrected chi connectivity index (χ1v) is 23.7. The van der Waals surface area contributed by atoms with Crippen molar-refractivity contribution >= 4 is 143 Å². The first-order valence-electron chi connectivity index (χ1n) is 22.0. The van der Waals surface area contributed by atoms with Crippen LogP contribution in [-0.2, 0) is 0 Å². The molecule has 0 N–H and O–H groups in total. The summed E-state index contributed by atoms with van der Waals surface area (Å²) in [5, 5.41) is 8.23. The van der Waals surface area contributed by atoms with Gasteiger partial charge in [-0.3, -0.25) is 0 Å². The second kappa shape index (κ2) is 13.3. The Morgan fingerprint density at radius 2 is 0.846 bits per heavy atom. The minimum Gasteiger partial charge on any atom is -0.456 e. The molecular formula is C58H33BN2O2S2. The molecule has 65 heavy (non-hydrogen) atoms. The Kier molecular flexibility index (Phi) is 7.31. The van der Waals surface area contributed by atoms with E-state index in [9.17, 15) is 0 Å². The monoisotopic (exact) mass is 864 g/mol. The van der Waals surface area contributed by atoms with Crippen LogP contribution in [0.2, 0.25) is 0 Å². The minimum atomic E-state index is -0.0162. The molecule has 9 aromatic carbocycles. The van der Waals surface area contributed by atoms with E-state index in [4.69, 9.17) is 8.83 Å². The Labute approximate surface area is 381 Å². The first-order chi connectivity index (χ1) is 32.2. The first kappa shape index (κ1) is 35.6. The van der Waals surface area contributed by atoms with Gasteiger partial charge in [-0.25, -0.2) is 0 Å². The molecule has 0 amide bonds. The van der Waals surface area contributed by atoms with Crippen LogP contribution in [0.5, 0.6) is 0 Å². The Morgan fingerprint density at radius 3 is 1.46 bits per heavy atom. The van der Waals surface area contributed by atoms with E-state index in [-0.39, 0.29) is 6.71 Å². The lowest BCUT2D eigenvalue weighted by molar-refractivity contribution is 0.668. The van der Waals surface area contributed by atoms with Gasteiger partial charge < -0.3 is 18.6 Å². The van der Waals surface area contributed by atoms with Crippen molar-refractivity contribution in [2.75, 3.05) is 9.80 Å². The van der Waals surface area contributed by atoms with Gasteiger partial charge >= 0.3 is 0 Å². The molecule has 0 saturated carbocycles. The molecule has 13 aromatic rings. The zero-order valence-electron chi connectivity index (χ0n) is 34.7. The Morgan fingerprint density at radius 1 is 0.354 bits per heavy atom. The number of thiophene rings is 2. The van der Waals surface area contributed by atoms with Crippen LogP contribution < -0.4 is 25.5 Å². The van der Waals surface area contributed by atoms with E-state index >= 15 is 0 Å². The number of hydrogen-bond acceptors (Lipinski definition) is 6. The highest BCUT2D eigenvalue weighted by molar-refractivity contribution is 7.35. The standard InChI is InChI=1S/C58H33BN2O2S2/c1-3-16-34(17-4-1)40-30-42-36-20-7-11-26-48(36)62-50(42)32-46(40)60-44-24-15-25-45-55(44)59(57-56(60)39-23-10-14-29-53(39)64-57)54-38-22-9-13-28-52(38)65-58(54)61(45)47-33-51-43(37-21-8-12-27-49(37)63-51)31-41(47)35-18-5-2-6-19-35/h1-33H. The third-order valence-electron chi connectivity index (χ3n) is 13.7. The predicted octanol–water partition coefficient (Wildman–Crippen LogP) is 15.3. The van der Waals surface area contributed by atoms with E-state index < -0.39 is 0 Å². The van der Waals surface area contributed by atoms with Gasteiger partial charge in [-0.2, -0.15) is 0 Å². The Hall–Kier alpha value is -7.84. The predicted molar refractivity (Wildman–Crippen MR) is 277 cm³/mol. The quantitative estimate of drug-likeness (QED) is 0.165. The Bertz CT molecular complexity index is 4110. The van der Waals surface area contributed by atoms with Crippen molar-refractivity contribution in [3.63, 3.8) is 0 Å². The molecule has 0 atom stereocenters. The number of rotatable bonds is 4. The second-order valence-electron chi connectivity index (χ2n) is 17.1. The molecule has 0 radical (unpaired) electrons. The van der Waals surface area contributed by atoms with Crippen molar-refractivity contribution in [2.24, 2.45) is 0 Å². The van der Waals surface area contributed by atoms with Gasteiger partial charge in [0.2, 0.25) is 0 Å². The van der Waals surface area contributed by atoms with Crippen LogP contribution in [0.25, 0.3) is 86.3 Å². The molecule has 4 aromatic heterocycles. The Balaban J connectivity index is 1.08. The lowest BCUT2D eigenvalue weighted by Gasteiger charge is -2.42. The summed E-state index contributed by atoms with van der Waals surface area (Å²) in [6.45, 7) is -0.0162. The van der Waals surface area contributed by atoms with Gasteiger partial charge in [0.25, 0.3) is 6.71 Å². The van der Waals surface area contributed by atoms with Crippen LogP contribution >= 0.6 is 22.7 Å². The van der Waals surface area contributed by atoms with E-state index in [1.807, 2.05) is 22.7 Å². The van der Waals surface area contributed by atoms with Gasteiger partial charge in [0, 0.05) is 75.7 Å². The molecule has 0 spiro atoms. The van der Waals surface area contributed by atoms with Crippen molar-refractivity contribution < 1.29 is 8.83 Å². The lowest BCUT2D eigenvalue weighted by Crippen LogP contribution is -2.60. The summed E-state index contributed by atoms with van der Waals surface area (Å²) >= 11 is 3.81. The molecule has 4 nitrogen and oxygen atoms in total. The van der Waals surface area contributed by atoms with Crippen LogP contribution in [0.4, 0.5) is 33.4 Å². The fourth-order valence-corrected chi connectivity index (χ4v) is 13.5. The number of furan rings is 2. The van der Waals surface area contributed by atoms with E-state index in [1.54, 1.807) is 0 Å². The van der Waals surface area contributed by atoms with Crippen LogP contribution in [0.1, 0.15) is 0 Å². The van der Waals surface area contributed by atoms with Crippen molar-refractivity contribution in [1.29, 1.82) is 0 Å². The number of fused-ring (bicyclic) bond motifs is 14. The number of benzene rings is 9. The van der Waals surface area contributed by atoms with Crippen LogP contribution in [-0.4, -0.2) is 6.71 Å². The molecule has 6 heterocycles. The summed E-state index contributed by atoms with van der Waals surface area (Å²) in [6, 6.07) is 72.7. The van der Waals surface area contributed by atoms with Crippen LogP contribution in [0.3, 0.4) is 0 Å². The van der Waals surface area contributed by atoms with Gasteiger partial charge in [0.15, 0.2) is 0 Å². The molecule has 302 valence electrons. The molecule has 2 aliphatic heterocycles. The molecule has 0 bridgehead atoms. The topological polar surface area (TPSA) is 32.8 Å². The molecule has 0 saturated heterocycles. The van der Waals surface area contributed by atoms with Gasteiger partial charge in [-0.15, -0.1) is 22.7 Å². The molecule has 7 heteroatoms. The fraction of sp³-hybridized carbons (Fsp3) is 0. The van der Waals surface area contributed by atoms with Crippen molar-refractivity contribution in [3.05, 3.63) is 200 Å². The maximum absolute atomic E-state index is 6.73. The smallest absolute Gasteiger partial charge is 0.266 e. The van der Waals surface area contributed by atoms with Crippen molar-refractivity contribution in [1.82, 2.24) is 0 Å². The van der Waals surface area contributed by atoms with E-state index in [2.05, 4.69) is 210 Å². The highest BCUT2D eigenvalue weighted by Gasteiger charge is 2.47. The minimum absolute atomic E-state index is 0.0162. The molecule has 2 aliphatic rings. The maximum Gasteiger partial charge on any atom is 0.266 e. The van der Waals surface area contributed by atoms with Gasteiger partial charge in [0.05, 0.1) is 22.1 Å². The highest BCUT2D eigenvalue weighted by Crippen LogP contribution is 2.54. The van der Waals surface area contributed by atoms with Crippen LogP contribution in [0.15, 0.2) is 209 Å². The summed E-state index contributed by atoms with van der Waals surface area (Å²) in [5.74, 6) is 0. The summed E-state index contributed by atoms with van der Waals surface area (Å²) in [4.78, 5) is 5.12. The number of nitrogens with zero attached hydrogens (tertiary/aromatic N) is 2. The summed E-state index contributed by atoms with van der Waals surface area (Å²) < 4.78 is 17.3. The lowest BCUT2D eigenvalue weighted by atomic mass is 9.36. The maximum atomic E-state index is 6.73. The zero-order valence-corrected chi connectivity index (χ0v) is 36.3. The summed E-state index contributed by atoms with van der Waals surface area (Å²) in [7, 11) is 0. The van der Waals surface area contributed by atoms with E-state index in [0.29, 0.717) is 0 Å². The van der Waals surface area contributed by atoms with E-state index in [1.165, 1.54) is 52.3 Å². The molecular weight excluding hydrogens is 832 g/mol. The van der Waals surface area contributed by atoms with E-state index in [0.717, 1.165) is 83.2 Å². The number of hydrogen-bond donors (Lipinski definition) is 0. The van der Waals surface area contributed by atoms with Gasteiger partial charge in [-0.1, -0.05) is 140 Å². The van der Waals surface area contributed by atoms with Gasteiger partial charge in [-0.05, 0) is 76.0 Å². The largest absolute Gasteiger partial charge is 0.456 e. The summed E-state index contributed by atoms with van der Waals surface area (Å²) in [6.07, 6.45) is 0. The van der Waals surface area contributed by atoms with Crippen molar-refractivity contribution in [2.45, 2.75) is 0 Å². The second-order valence-corrected chi connectivity index (χ2v) is 19.2. The number of anilines is 6. The average Bonchev–Trinajstić information content (AvgIpc) is 4.14. The third kappa shape index (κ3) is 4.97. The molecule has 0 fully saturated rings. The van der Waals surface area contributed by atoms with Crippen LogP contribution in [0, 0.1) is 0 Å². The normalized spacial score (nSPS) is 13.1.